The van der Waals surface area contributed by atoms with E-state index in [0.29, 0.717) is 11.4 Å². The van der Waals surface area contributed by atoms with Crippen LogP contribution >= 0.6 is 15.9 Å². The molecule has 2 N–H and O–H groups in total. The van der Waals surface area contributed by atoms with Gasteiger partial charge in [0.25, 0.3) is 0 Å². The number of carbonyl (C=O) groups is 2. The highest BCUT2D eigenvalue weighted by molar-refractivity contribution is 9.10. The minimum atomic E-state index is -0.339. The lowest BCUT2D eigenvalue weighted by Crippen LogP contribution is -2.21. The van der Waals surface area contributed by atoms with E-state index in [4.69, 9.17) is 0 Å². The van der Waals surface area contributed by atoms with Crippen LogP contribution < -0.4 is 10.6 Å². The van der Waals surface area contributed by atoms with E-state index in [0.717, 1.165) is 21.2 Å². The zero-order valence-corrected chi connectivity index (χ0v) is 15.0. The van der Waals surface area contributed by atoms with Crippen LogP contribution in [0.3, 0.4) is 0 Å². The third kappa shape index (κ3) is 5.21. The van der Waals surface area contributed by atoms with Crippen LogP contribution in [-0.4, -0.2) is 11.8 Å². The van der Waals surface area contributed by atoms with E-state index < -0.39 is 0 Å². The Labute approximate surface area is 144 Å². The number of hydrogen-bond acceptors (Lipinski definition) is 2. The molecule has 2 amide bonds. The molecule has 0 atom stereocenters. The number of amides is 2. The summed E-state index contributed by atoms with van der Waals surface area (Å²) in [6.07, 6.45) is -0.220. The highest BCUT2D eigenvalue weighted by atomic mass is 79.9. The van der Waals surface area contributed by atoms with Crippen LogP contribution in [0.4, 0.5) is 11.4 Å². The van der Waals surface area contributed by atoms with Gasteiger partial charge >= 0.3 is 0 Å². The molecule has 0 unspecified atom stereocenters. The second-order valence-corrected chi connectivity index (χ2v) is 6.47. The molecule has 2 aromatic rings. The molecule has 23 heavy (non-hydrogen) atoms. The first-order valence-electron chi connectivity index (χ1n) is 7.27. The second kappa shape index (κ2) is 7.42. The van der Waals surface area contributed by atoms with Crippen molar-refractivity contribution in [3.63, 3.8) is 0 Å². The van der Waals surface area contributed by atoms with Crippen LogP contribution in [-0.2, 0) is 9.59 Å². The van der Waals surface area contributed by atoms with Crippen molar-refractivity contribution in [3.05, 3.63) is 57.6 Å². The zero-order valence-electron chi connectivity index (χ0n) is 13.4. The molecule has 0 aliphatic heterocycles. The third-order valence-corrected chi connectivity index (χ3v) is 4.16. The van der Waals surface area contributed by atoms with Gasteiger partial charge in [0.05, 0.1) is 0 Å². The lowest BCUT2D eigenvalue weighted by molar-refractivity contribution is -0.123. The van der Waals surface area contributed by atoms with Gasteiger partial charge in [-0.1, -0.05) is 22.0 Å². The van der Waals surface area contributed by atoms with Gasteiger partial charge in [-0.05, 0) is 67.8 Å². The van der Waals surface area contributed by atoms with Gasteiger partial charge in [0.2, 0.25) is 11.8 Å². The van der Waals surface area contributed by atoms with Gasteiger partial charge < -0.3 is 10.6 Å². The SMILES string of the molecule is Cc1cc(C)cc(NC(=O)CC(=O)Nc2ccc(Br)c(C)c2)c1. The predicted octanol–water partition coefficient (Wildman–Crippen LogP) is 4.34. The topological polar surface area (TPSA) is 58.2 Å². The largest absolute Gasteiger partial charge is 0.326 e. The fraction of sp³-hybridized carbons (Fsp3) is 0.222. The molecular weight excluding hydrogens is 356 g/mol. The van der Waals surface area contributed by atoms with E-state index in [1.165, 1.54) is 0 Å². The van der Waals surface area contributed by atoms with Crippen molar-refractivity contribution in [1.82, 2.24) is 0 Å². The Kier molecular flexibility index (Phi) is 5.55. The molecule has 5 heteroatoms. The lowest BCUT2D eigenvalue weighted by atomic mass is 10.1. The van der Waals surface area contributed by atoms with Crippen molar-refractivity contribution >= 4 is 39.1 Å². The first kappa shape index (κ1) is 17.2. The molecule has 0 heterocycles. The Morgan fingerprint density at radius 3 is 2.00 bits per heavy atom. The Balaban J connectivity index is 1.94. The predicted molar refractivity (Wildman–Crippen MR) is 96.7 cm³/mol. The van der Waals surface area contributed by atoms with Gasteiger partial charge in [-0.15, -0.1) is 0 Å². The Hall–Kier alpha value is -2.14. The number of aryl methyl sites for hydroxylation is 3. The summed E-state index contributed by atoms with van der Waals surface area (Å²) < 4.78 is 0.975. The minimum Gasteiger partial charge on any atom is -0.326 e. The molecule has 0 bridgehead atoms. The summed E-state index contributed by atoms with van der Waals surface area (Å²) in [5.74, 6) is -0.671. The summed E-state index contributed by atoms with van der Waals surface area (Å²) in [6.45, 7) is 5.86. The fourth-order valence-electron chi connectivity index (χ4n) is 2.33. The number of nitrogens with one attached hydrogen (secondary N) is 2. The van der Waals surface area contributed by atoms with Crippen molar-refractivity contribution in [1.29, 1.82) is 0 Å². The fourth-order valence-corrected chi connectivity index (χ4v) is 2.57. The molecule has 2 rings (SSSR count). The van der Waals surface area contributed by atoms with E-state index >= 15 is 0 Å². The monoisotopic (exact) mass is 374 g/mol. The number of anilines is 2. The molecule has 0 radical (unpaired) electrons. The molecule has 2 aromatic carbocycles. The van der Waals surface area contributed by atoms with Gasteiger partial charge in [0.15, 0.2) is 0 Å². The second-order valence-electron chi connectivity index (χ2n) is 5.61. The number of rotatable bonds is 4. The standard InChI is InChI=1S/C18H19BrN2O2/c1-11-6-12(2)8-15(7-11)21-18(23)10-17(22)20-14-4-5-16(19)13(3)9-14/h4-9H,10H2,1-3H3,(H,20,22)(H,21,23). The smallest absolute Gasteiger partial charge is 0.233 e. The van der Waals surface area contributed by atoms with Gasteiger partial charge in [-0.2, -0.15) is 0 Å². The van der Waals surface area contributed by atoms with E-state index in [-0.39, 0.29) is 18.2 Å². The zero-order chi connectivity index (χ0) is 17.0. The summed E-state index contributed by atoms with van der Waals surface area (Å²) in [5.41, 5.74) is 4.53. The van der Waals surface area contributed by atoms with Crippen molar-refractivity contribution in [2.24, 2.45) is 0 Å². The quantitative estimate of drug-likeness (QED) is 0.781. The summed E-state index contributed by atoms with van der Waals surface area (Å²) in [6, 6.07) is 11.3. The van der Waals surface area contributed by atoms with Crippen molar-refractivity contribution in [2.45, 2.75) is 27.2 Å². The third-order valence-electron chi connectivity index (χ3n) is 3.27. The van der Waals surface area contributed by atoms with Gasteiger partial charge in [-0.3, -0.25) is 9.59 Å². The normalized spacial score (nSPS) is 10.3. The molecule has 4 nitrogen and oxygen atoms in total. The molecule has 0 saturated heterocycles. The molecule has 0 fully saturated rings. The van der Waals surface area contributed by atoms with Crippen LogP contribution in [0, 0.1) is 20.8 Å². The van der Waals surface area contributed by atoms with E-state index in [2.05, 4.69) is 26.6 Å². The maximum Gasteiger partial charge on any atom is 0.233 e. The van der Waals surface area contributed by atoms with Crippen LogP contribution in [0.5, 0.6) is 0 Å². The molecule has 0 saturated carbocycles. The van der Waals surface area contributed by atoms with Crippen molar-refractivity contribution in [2.75, 3.05) is 10.6 Å². The number of halogens is 1. The summed E-state index contributed by atoms with van der Waals surface area (Å²) >= 11 is 3.41. The maximum absolute atomic E-state index is 12.0. The van der Waals surface area contributed by atoms with Gasteiger partial charge in [0.1, 0.15) is 6.42 Å². The number of hydrogen-bond donors (Lipinski definition) is 2. The van der Waals surface area contributed by atoms with Gasteiger partial charge in [0, 0.05) is 15.8 Å². The highest BCUT2D eigenvalue weighted by Gasteiger charge is 2.11. The summed E-state index contributed by atoms with van der Waals surface area (Å²) in [4.78, 5) is 23.9. The molecule has 120 valence electrons. The van der Waals surface area contributed by atoms with Crippen LogP contribution in [0.1, 0.15) is 23.1 Å². The van der Waals surface area contributed by atoms with Crippen LogP contribution in [0.25, 0.3) is 0 Å². The van der Waals surface area contributed by atoms with Crippen LogP contribution in [0.15, 0.2) is 40.9 Å². The minimum absolute atomic E-state index is 0.220. The molecule has 0 spiro atoms. The molecular formula is C18H19BrN2O2. The molecule has 0 aliphatic carbocycles. The van der Waals surface area contributed by atoms with E-state index in [9.17, 15) is 9.59 Å². The maximum atomic E-state index is 12.0. The first-order chi connectivity index (χ1) is 10.8. The van der Waals surface area contributed by atoms with Crippen LogP contribution in [0.2, 0.25) is 0 Å². The average molecular weight is 375 g/mol. The van der Waals surface area contributed by atoms with E-state index in [1.807, 2.05) is 51.1 Å². The molecule has 0 aliphatic rings. The van der Waals surface area contributed by atoms with Gasteiger partial charge in [-0.25, -0.2) is 0 Å². The summed E-state index contributed by atoms with van der Waals surface area (Å²) in [5, 5.41) is 5.48. The number of benzene rings is 2. The Morgan fingerprint density at radius 2 is 1.43 bits per heavy atom. The molecule has 0 aromatic heterocycles. The average Bonchev–Trinajstić information content (AvgIpc) is 2.41. The van der Waals surface area contributed by atoms with Crippen molar-refractivity contribution in [3.8, 4) is 0 Å². The highest BCUT2D eigenvalue weighted by Crippen LogP contribution is 2.20. The number of carbonyl (C=O) groups excluding carboxylic acids is 2. The summed E-state index contributed by atoms with van der Waals surface area (Å²) in [7, 11) is 0. The van der Waals surface area contributed by atoms with Crippen molar-refractivity contribution < 1.29 is 9.59 Å². The van der Waals surface area contributed by atoms with E-state index in [1.54, 1.807) is 6.07 Å². The lowest BCUT2D eigenvalue weighted by Gasteiger charge is -2.09. The first-order valence-corrected chi connectivity index (χ1v) is 8.07. The Morgan fingerprint density at radius 1 is 0.870 bits per heavy atom. The Bertz CT molecular complexity index is 736.